The number of halogens is 2. The van der Waals surface area contributed by atoms with Gasteiger partial charge in [0.05, 0.1) is 0 Å². The third kappa shape index (κ3) is 5.74. The Morgan fingerprint density at radius 3 is 2.28 bits per heavy atom. The Bertz CT molecular complexity index is 831. The van der Waals surface area contributed by atoms with E-state index in [2.05, 4.69) is 5.32 Å². The number of alkyl halides is 1. The molecule has 4 nitrogen and oxygen atoms in total. The van der Waals surface area contributed by atoms with Crippen molar-refractivity contribution in [1.82, 2.24) is 10.2 Å². The van der Waals surface area contributed by atoms with Gasteiger partial charge in [0.25, 0.3) is 0 Å². The summed E-state index contributed by atoms with van der Waals surface area (Å²) < 4.78 is 0. The van der Waals surface area contributed by atoms with E-state index in [0.29, 0.717) is 11.6 Å². The maximum atomic E-state index is 13.3. The third-order valence-corrected chi connectivity index (χ3v) is 5.84. The second-order valence-electron chi connectivity index (χ2n) is 7.58. The summed E-state index contributed by atoms with van der Waals surface area (Å²) in [4.78, 5) is 27.7. The van der Waals surface area contributed by atoms with Gasteiger partial charge in [-0.1, -0.05) is 66.4 Å². The number of aryl methyl sites for hydroxylation is 1. The van der Waals surface area contributed by atoms with Crippen molar-refractivity contribution in [3.63, 3.8) is 0 Å². The first kappa shape index (κ1) is 21.7. The minimum atomic E-state index is -0.764. The van der Waals surface area contributed by atoms with Crippen LogP contribution in [0, 0.1) is 6.92 Å². The van der Waals surface area contributed by atoms with Gasteiger partial charge in [-0.3, -0.25) is 9.59 Å². The van der Waals surface area contributed by atoms with Gasteiger partial charge >= 0.3 is 0 Å². The standard InChI is InChI=1S/C23H26Cl2N2O2/c1-16-6-8-17(9-7-16)15-27(21(28)14-24)22(18-10-12-19(25)13-11-18)23(29)26-20-4-2-3-5-20/h6-13,20,22H,2-5,14-15H2,1H3,(H,26,29)/t22-/m1/s1. The number of hydrogen-bond donors (Lipinski definition) is 1. The Morgan fingerprint density at radius 2 is 1.69 bits per heavy atom. The lowest BCUT2D eigenvalue weighted by molar-refractivity contribution is -0.140. The average molecular weight is 433 g/mol. The Morgan fingerprint density at radius 1 is 1.07 bits per heavy atom. The first-order valence-corrected chi connectivity index (χ1v) is 10.9. The van der Waals surface area contributed by atoms with Crippen LogP contribution in [0.3, 0.4) is 0 Å². The zero-order chi connectivity index (χ0) is 20.8. The molecule has 0 spiro atoms. The number of carbonyl (C=O) groups excluding carboxylic acids is 2. The molecule has 1 saturated carbocycles. The number of nitrogens with one attached hydrogen (secondary N) is 1. The number of carbonyl (C=O) groups is 2. The molecule has 29 heavy (non-hydrogen) atoms. The molecular weight excluding hydrogens is 407 g/mol. The maximum Gasteiger partial charge on any atom is 0.247 e. The molecule has 154 valence electrons. The lowest BCUT2D eigenvalue weighted by atomic mass is 10.0. The van der Waals surface area contributed by atoms with Gasteiger partial charge in [0.2, 0.25) is 11.8 Å². The van der Waals surface area contributed by atoms with E-state index in [0.717, 1.165) is 42.4 Å². The molecule has 2 aromatic carbocycles. The quantitative estimate of drug-likeness (QED) is 0.624. The van der Waals surface area contributed by atoms with Crippen molar-refractivity contribution in [3.8, 4) is 0 Å². The summed E-state index contributed by atoms with van der Waals surface area (Å²) in [5.74, 6) is -0.648. The number of rotatable bonds is 7. The molecule has 0 aromatic heterocycles. The van der Waals surface area contributed by atoms with E-state index >= 15 is 0 Å². The van der Waals surface area contributed by atoms with Gasteiger partial charge in [0, 0.05) is 17.6 Å². The molecule has 3 rings (SSSR count). The van der Waals surface area contributed by atoms with Crippen molar-refractivity contribution in [2.24, 2.45) is 0 Å². The summed E-state index contributed by atoms with van der Waals surface area (Å²) in [6.07, 6.45) is 4.18. The maximum absolute atomic E-state index is 13.3. The highest BCUT2D eigenvalue weighted by molar-refractivity contribution is 6.30. The van der Waals surface area contributed by atoms with E-state index in [1.165, 1.54) is 0 Å². The Hall–Kier alpha value is -2.04. The van der Waals surface area contributed by atoms with E-state index in [4.69, 9.17) is 23.2 Å². The van der Waals surface area contributed by atoms with Crippen LogP contribution >= 0.6 is 23.2 Å². The zero-order valence-electron chi connectivity index (χ0n) is 16.5. The van der Waals surface area contributed by atoms with Crippen molar-refractivity contribution in [1.29, 1.82) is 0 Å². The molecule has 1 fully saturated rings. The summed E-state index contributed by atoms with van der Waals surface area (Å²) in [6, 6.07) is 14.4. The molecule has 1 N–H and O–H groups in total. The second-order valence-corrected chi connectivity index (χ2v) is 8.29. The summed E-state index contributed by atoms with van der Waals surface area (Å²) in [5, 5.41) is 3.72. The molecule has 0 saturated heterocycles. The van der Waals surface area contributed by atoms with Crippen LogP contribution < -0.4 is 5.32 Å². The zero-order valence-corrected chi connectivity index (χ0v) is 18.0. The smallest absolute Gasteiger partial charge is 0.247 e. The van der Waals surface area contributed by atoms with Crippen LogP contribution in [0.25, 0.3) is 0 Å². The van der Waals surface area contributed by atoms with E-state index in [9.17, 15) is 9.59 Å². The van der Waals surface area contributed by atoms with Crippen molar-refractivity contribution in [2.45, 2.75) is 51.2 Å². The highest BCUT2D eigenvalue weighted by atomic mass is 35.5. The molecule has 0 radical (unpaired) electrons. The van der Waals surface area contributed by atoms with Gasteiger partial charge in [-0.25, -0.2) is 0 Å². The molecule has 0 heterocycles. The lowest BCUT2D eigenvalue weighted by Gasteiger charge is -2.32. The largest absolute Gasteiger partial charge is 0.351 e. The monoisotopic (exact) mass is 432 g/mol. The molecule has 0 bridgehead atoms. The lowest BCUT2D eigenvalue weighted by Crippen LogP contribution is -2.46. The van der Waals surface area contributed by atoms with Crippen LogP contribution in [0.5, 0.6) is 0 Å². The number of hydrogen-bond acceptors (Lipinski definition) is 2. The summed E-state index contributed by atoms with van der Waals surface area (Å²) in [5.41, 5.74) is 2.80. The van der Waals surface area contributed by atoms with Crippen molar-refractivity contribution >= 4 is 35.0 Å². The van der Waals surface area contributed by atoms with Crippen molar-refractivity contribution in [2.75, 3.05) is 5.88 Å². The SMILES string of the molecule is Cc1ccc(CN(C(=O)CCl)[C@@H](C(=O)NC2CCCC2)c2ccc(Cl)cc2)cc1. The van der Waals surface area contributed by atoms with E-state index in [1.54, 1.807) is 29.2 Å². The Kier molecular flexibility index (Phi) is 7.57. The number of nitrogens with zero attached hydrogens (tertiary/aromatic N) is 1. The minimum Gasteiger partial charge on any atom is -0.351 e. The molecular formula is C23H26Cl2N2O2. The number of amides is 2. The van der Waals surface area contributed by atoms with E-state index in [1.807, 2.05) is 31.2 Å². The summed E-state index contributed by atoms with van der Waals surface area (Å²) in [6.45, 7) is 2.31. The summed E-state index contributed by atoms with van der Waals surface area (Å²) >= 11 is 12.0. The van der Waals surface area contributed by atoms with Crippen LogP contribution in [0.1, 0.15) is 48.4 Å². The van der Waals surface area contributed by atoms with Gasteiger partial charge in [-0.2, -0.15) is 0 Å². The van der Waals surface area contributed by atoms with E-state index < -0.39 is 6.04 Å². The highest BCUT2D eigenvalue weighted by Crippen LogP contribution is 2.27. The minimum absolute atomic E-state index is 0.157. The Labute approximate surface area is 182 Å². The van der Waals surface area contributed by atoms with Crippen LogP contribution in [-0.4, -0.2) is 28.6 Å². The molecule has 0 aliphatic heterocycles. The van der Waals surface area contributed by atoms with Crippen molar-refractivity contribution in [3.05, 3.63) is 70.2 Å². The fraction of sp³-hybridized carbons (Fsp3) is 0.391. The van der Waals surface area contributed by atoms with Crippen LogP contribution in [-0.2, 0) is 16.1 Å². The van der Waals surface area contributed by atoms with Gasteiger partial charge in [0.1, 0.15) is 11.9 Å². The fourth-order valence-corrected chi connectivity index (χ4v) is 4.04. The Balaban J connectivity index is 1.94. The molecule has 1 aliphatic rings. The fourth-order valence-electron chi connectivity index (χ4n) is 3.76. The summed E-state index contributed by atoms with van der Waals surface area (Å²) in [7, 11) is 0. The third-order valence-electron chi connectivity index (χ3n) is 5.36. The van der Waals surface area contributed by atoms with Gasteiger partial charge in [-0.05, 0) is 43.0 Å². The molecule has 6 heteroatoms. The first-order valence-electron chi connectivity index (χ1n) is 9.94. The van der Waals surface area contributed by atoms with Crippen LogP contribution in [0.4, 0.5) is 0 Å². The molecule has 2 aromatic rings. The topological polar surface area (TPSA) is 49.4 Å². The number of benzene rings is 2. The first-order chi connectivity index (χ1) is 14.0. The van der Waals surface area contributed by atoms with Gasteiger partial charge in [0.15, 0.2) is 0 Å². The van der Waals surface area contributed by atoms with Crippen LogP contribution in [0.2, 0.25) is 5.02 Å². The predicted octanol–water partition coefficient (Wildman–Crippen LogP) is 5.02. The molecule has 1 aliphatic carbocycles. The molecule has 1 atom stereocenters. The average Bonchev–Trinajstić information content (AvgIpc) is 3.22. The predicted molar refractivity (Wildman–Crippen MR) is 117 cm³/mol. The van der Waals surface area contributed by atoms with E-state index in [-0.39, 0.29) is 23.7 Å². The molecule has 2 amide bonds. The van der Waals surface area contributed by atoms with Gasteiger partial charge in [-0.15, -0.1) is 11.6 Å². The normalized spacial score (nSPS) is 15.1. The van der Waals surface area contributed by atoms with Gasteiger partial charge < -0.3 is 10.2 Å². The second kappa shape index (κ2) is 10.1. The molecule has 0 unspecified atom stereocenters. The van der Waals surface area contributed by atoms with Crippen molar-refractivity contribution < 1.29 is 9.59 Å². The van der Waals surface area contributed by atoms with Crippen LogP contribution in [0.15, 0.2) is 48.5 Å². The highest BCUT2D eigenvalue weighted by Gasteiger charge is 2.32.